The normalized spacial score (nSPS) is 10.1. The fourth-order valence-electron chi connectivity index (χ4n) is 2.50. The number of methoxy groups -OCH3 is 1. The summed E-state index contributed by atoms with van der Waals surface area (Å²) in [5, 5.41) is 2.82. The monoisotopic (exact) mass is 391 g/mol. The maximum atomic E-state index is 12.2. The molecule has 1 amide bonds. The van der Waals surface area contributed by atoms with Gasteiger partial charge in [0.1, 0.15) is 18.1 Å². The topological polar surface area (TPSA) is 73.9 Å². The van der Waals surface area contributed by atoms with Gasteiger partial charge < -0.3 is 19.5 Å². The Kier molecular flexibility index (Phi) is 6.84. The molecule has 0 unspecified atom stereocenters. The van der Waals surface area contributed by atoms with Gasteiger partial charge in [-0.05, 0) is 54.1 Å². The van der Waals surface area contributed by atoms with Crippen LogP contribution in [0.25, 0.3) is 0 Å². The summed E-state index contributed by atoms with van der Waals surface area (Å²) in [7, 11) is 1.58. The third-order valence-electron chi connectivity index (χ3n) is 4.06. The van der Waals surface area contributed by atoms with Crippen LogP contribution in [0.2, 0.25) is 0 Å². The van der Waals surface area contributed by atoms with Crippen LogP contribution in [0.5, 0.6) is 11.5 Å². The summed E-state index contributed by atoms with van der Waals surface area (Å²) in [5.74, 6) is 0.580. The Labute approximate surface area is 169 Å². The molecular formula is C23H21NO5. The lowest BCUT2D eigenvalue weighted by atomic mass is 10.1. The molecule has 0 saturated carbocycles. The number of amides is 1. The number of rotatable bonds is 8. The molecule has 0 aliphatic rings. The van der Waals surface area contributed by atoms with E-state index >= 15 is 0 Å². The fraction of sp³-hybridized carbons (Fsp3) is 0.130. The number of anilines is 1. The number of esters is 1. The molecule has 0 fully saturated rings. The molecule has 29 heavy (non-hydrogen) atoms. The van der Waals surface area contributed by atoms with Crippen molar-refractivity contribution >= 4 is 17.6 Å². The fourth-order valence-corrected chi connectivity index (χ4v) is 2.50. The van der Waals surface area contributed by atoms with Crippen molar-refractivity contribution in [3.05, 3.63) is 90.0 Å². The van der Waals surface area contributed by atoms with Gasteiger partial charge in [0, 0.05) is 11.3 Å². The summed E-state index contributed by atoms with van der Waals surface area (Å²) in [6.45, 7) is -0.0880. The number of benzene rings is 3. The molecule has 0 aromatic heterocycles. The van der Waals surface area contributed by atoms with Crippen LogP contribution in [0.1, 0.15) is 15.9 Å². The first-order valence-electron chi connectivity index (χ1n) is 9.02. The molecule has 0 spiro atoms. The van der Waals surface area contributed by atoms with Crippen molar-refractivity contribution in [2.45, 2.75) is 6.61 Å². The molecule has 0 heterocycles. The van der Waals surface area contributed by atoms with Crippen LogP contribution in [0.15, 0.2) is 78.9 Å². The quantitative estimate of drug-likeness (QED) is 0.586. The van der Waals surface area contributed by atoms with Crippen molar-refractivity contribution in [1.29, 1.82) is 0 Å². The van der Waals surface area contributed by atoms with Crippen LogP contribution in [0, 0.1) is 0 Å². The zero-order valence-electron chi connectivity index (χ0n) is 16.0. The smallest absolute Gasteiger partial charge is 0.344 e. The van der Waals surface area contributed by atoms with E-state index in [0.717, 1.165) is 11.3 Å². The average Bonchev–Trinajstić information content (AvgIpc) is 2.77. The average molecular weight is 391 g/mol. The standard InChI is InChI=1S/C23H21NO5/c1-27-20-11-13-21(14-12-20)28-16-22(25)29-15-17-7-9-18(10-8-17)23(26)24-19-5-3-2-4-6-19/h2-14H,15-16H2,1H3,(H,24,26). The molecule has 3 aromatic carbocycles. The number of carbonyl (C=O) groups excluding carboxylic acids is 2. The first-order chi connectivity index (χ1) is 14.1. The second-order valence-electron chi connectivity index (χ2n) is 6.14. The van der Waals surface area contributed by atoms with Gasteiger partial charge in [0.2, 0.25) is 0 Å². The van der Waals surface area contributed by atoms with E-state index in [-0.39, 0.29) is 19.1 Å². The lowest BCUT2D eigenvalue weighted by Gasteiger charge is -2.09. The Morgan fingerprint density at radius 2 is 1.48 bits per heavy atom. The van der Waals surface area contributed by atoms with Gasteiger partial charge in [-0.1, -0.05) is 30.3 Å². The molecule has 0 bridgehead atoms. The third kappa shape index (κ3) is 6.10. The van der Waals surface area contributed by atoms with Crippen LogP contribution < -0.4 is 14.8 Å². The van der Waals surface area contributed by atoms with Crippen molar-refractivity contribution in [3.63, 3.8) is 0 Å². The summed E-state index contributed by atoms with van der Waals surface area (Å²) in [6, 6.07) is 23.0. The minimum atomic E-state index is -0.480. The molecule has 0 saturated heterocycles. The van der Waals surface area contributed by atoms with Gasteiger partial charge in [-0.2, -0.15) is 0 Å². The molecule has 0 radical (unpaired) electrons. The predicted molar refractivity (Wildman–Crippen MR) is 109 cm³/mol. The van der Waals surface area contributed by atoms with Crippen LogP contribution >= 0.6 is 0 Å². The van der Waals surface area contributed by atoms with Crippen molar-refractivity contribution < 1.29 is 23.8 Å². The Hall–Kier alpha value is -3.80. The lowest BCUT2D eigenvalue weighted by Crippen LogP contribution is -2.15. The van der Waals surface area contributed by atoms with E-state index in [1.807, 2.05) is 30.3 Å². The summed E-state index contributed by atoms with van der Waals surface area (Å²) >= 11 is 0. The van der Waals surface area contributed by atoms with E-state index in [0.29, 0.717) is 17.1 Å². The highest BCUT2D eigenvalue weighted by Crippen LogP contribution is 2.17. The van der Waals surface area contributed by atoms with E-state index in [4.69, 9.17) is 14.2 Å². The largest absolute Gasteiger partial charge is 0.497 e. The Morgan fingerprint density at radius 3 is 2.14 bits per heavy atom. The lowest BCUT2D eigenvalue weighted by molar-refractivity contribution is -0.147. The van der Waals surface area contributed by atoms with Gasteiger partial charge in [-0.25, -0.2) is 4.79 Å². The highest BCUT2D eigenvalue weighted by atomic mass is 16.6. The van der Waals surface area contributed by atoms with E-state index in [9.17, 15) is 9.59 Å². The zero-order chi connectivity index (χ0) is 20.5. The van der Waals surface area contributed by atoms with Gasteiger partial charge in [-0.15, -0.1) is 0 Å². The van der Waals surface area contributed by atoms with Gasteiger partial charge in [0.15, 0.2) is 6.61 Å². The predicted octanol–water partition coefficient (Wildman–Crippen LogP) is 4.07. The first kappa shape index (κ1) is 19.9. The number of nitrogens with one attached hydrogen (secondary N) is 1. The van der Waals surface area contributed by atoms with E-state index in [2.05, 4.69) is 5.32 Å². The highest BCUT2D eigenvalue weighted by molar-refractivity contribution is 6.04. The molecule has 0 atom stereocenters. The first-order valence-corrected chi connectivity index (χ1v) is 9.02. The Bertz CT molecular complexity index is 937. The van der Waals surface area contributed by atoms with Crippen molar-refractivity contribution in [2.24, 2.45) is 0 Å². The zero-order valence-corrected chi connectivity index (χ0v) is 16.0. The van der Waals surface area contributed by atoms with Crippen molar-refractivity contribution in [1.82, 2.24) is 0 Å². The van der Waals surface area contributed by atoms with E-state index in [1.54, 1.807) is 55.6 Å². The number of hydrogen-bond acceptors (Lipinski definition) is 5. The minimum absolute atomic E-state index is 0.103. The second kappa shape index (κ2) is 9.94. The molecule has 6 nitrogen and oxygen atoms in total. The van der Waals surface area contributed by atoms with Crippen LogP contribution in [0.3, 0.4) is 0 Å². The third-order valence-corrected chi connectivity index (χ3v) is 4.06. The number of carbonyl (C=O) groups is 2. The highest BCUT2D eigenvalue weighted by Gasteiger charge is 2.08. The molecule has 3 aromatic rings. The Morgan fingerprint density at radius 1 is 0.828 bits per heavy atom. The molecular weight excluding hydrogens is 370 g/mol. The SMILES string of the molecule is COc1ccc(OCC(=O)OCc2ccc(C(=O)Nc3ccccc3)cc2)cc1. The van der Waals surface area contributed by atoms with Crippen molar-refractivity contribution in [3.8, 4) is 11.5 Å². The van der Waals surface area contributed by atoms with Crippen LogP contribution in [-0.2, 0) is 16.1 Å². The van der Waals surface area contributed by atoms with E-state index in [1.165, 1.54) is 0 Å². The molecule has 6 heteroatoms. The number of para-hydroxylation sites is 1. The molecule has 3 rings (SSSR count). The van der Waals surface area contributed by atoms with Gasteiger partial charge in [-0.3, -0.25) is 4.79 Å². The van der Waals surface area contributed by atoms with Gasteiger partial charge in [0.25, 0.3) is 5.91 Å². The summed E-state index contributed by atoms with van der Waals surface area (Å²) in [6.07, 6.45) is 0. The van der Waals surface area contributed by atoms with Gasteiger partial charge in [0.05, 0.1) is 7.11 Å². The number of ether oxygens (including phenoxy) is 3. The minimum Gasteiger partial charge on any atom is -0.497 e. The van der Waals surface area contributed by atoms with Crippen molar-refractivity contribution in [2.75, 3.05) is 19.0 Å². The molecule has 0 aliphatic heterocycles. The number of hydrogen-bond donors (Lipinski definition) is 1. The molecule has 148 valence electrons. The molecule has 1 N–H and O–H groups in total. The maximum Gasteiger partial charge on any atom is 0.344 e. The second-order valence-corrected chi connectivity index (χ2v) is 6.14. The van der Waals surface area contributed by atoms with E-state index < -0.39 is 5.97 Å². The van der Waals surface area contributed by atoms with Crippen LogP contribution in [-0.4, -0.2) is 25.6 Å². The summed E-state index contributed by atoms with van der Waals surface area (Å²) in [5.41, 5.74) is 2.03. The Balaban J connectivity index is 1.44. The maximum absolute atomic E-state index is 12.2. The molecule has 0 aliphatic carbocycles. The van der Waals surface area contributed by atoms with Crippen LogP contribution in [0.4, 0.5) is 5.69 Å². The summed E-state index contributed by atoms with van der Waals surface area (Å²) in [4.78, 5) is 24.1. The summed E-state index contributed by atoms with van der Waals surface area (Å²) < 4.78 is 15.6. The van der Waals surface area contributed by atoms with Gasteiger partial charge >= 0.3 is 5.97 Å².